The second kappa shape index (κ2) is 56.7. The Balaban J connectivity index is -0.0000000342. The van der Waals surface area contributed by atoms with Crippen molar-refractivity contribution in [3.05, 3.63) is 12.2 Å². The van der Waals surface area contributed by atoms with Crippen molar-refractivity contribution in [1.82, 2.24) is 0 Å². The molecule has 0 unspecified atom stereocenters. The predicted molar refractivity (Wildman–Crippen MR) is 152 cm³/mol. The molecule has 1 heteroatoms. The third-order valence-electron chi connectivity index (χ3n) is 4.76. The van der Waals surface area contributed by atoms with E-state index >= 15 is 0 Å². The van der Waals surface area contributed by atoms with Crippen molar-refractivity contribution in [3.8, 4) is 0 Å². The van der Waals surface area contributed by atoms with Crippen molar-refractivity contribution in [2.45, 2.75) is 169 Å². The van der Waals surface area contributed by atoms with Gasteiger partial charge in [0.2, 0.25) is 0 Å². The van der Waals surface area contributed by atoms with Crippen LogP contribution in [0, 0.1) is 5.41 Å². The Kier molecular flexibility index (Phi) is 98.3. The minimum atomic E-state index is 0. The number of unbranched alkanes of at least 4 members (excludes halogenated alkanes) is 4. The Hall–Kier alpha value is -0.300. The van der Waals surface area contributed by atoms with E-state index in [1.54, 1.807) is 0 Å². The molecule has 0 bridgehead atoms. The lowest BCUT2D eigenvalue weighted by Crippen LogP contribution is -2.22. The fourth-order valence-corrected chi connectivity index (χ4v) is 1.67. The Morgan fingerprint density at radius 1 is 0.567 bits per heavy atom. The largest absolute Gasteiger partial charge is 0.396 e. The summed E-state index contributed by atoms with van der Waals surface area (Å²) in [4.78, 5) is 0. The molecule has 0 fully saturated rings. The maximum absolute atomic E-state index is 8.98. The van der Waals surface area contributed by atoms with Crippen molar-refractivity contribution >= 4 is 0 Å². The van der Waals surface area contributed by atoms with E-state index in [4.69, 9.17) is 5.11 Å². The summed E-state index contributed by atoms with van der Waals surface area (Å²) in [6.07, 6.45) is 18.0. The van der Waals surface area contributed by atoms with E-state index in [0.29, 0.717) is 6.61 Å². The molecule has 194 valence electrons. The van der Waals surface area contributed by atoms with Crippen molar-refractivity contribution in [1.29, 1.82) is 0 Å². The van der Waals surface area contributed by atoms with Crippen molar-refractivity contribution in [2.75, 3.05) is 6.61 Å². The maximum Gasteiger partial charge on any atom is 0.0487 e. The molecule has 1 nitrogen and oxygen atoms in total. The normalized spacial score (nSPS) is 8.67. The Morgan fingerprint density at radius 2 is 0.867 bits per heavy atom. The van der Waals surface area contributed by atoms with Gasteiger partial charge >= 0.3 is 0 Å². The zero-order valence-electron chi connectivity index (χ0n) is 21.6. The average molecular weight is 437 g/mol. The lowest BCUT2D eigenvalue weighted by Gasteiger charge is -2.27. The molecule has 0 aliphatic carbocycles. The van der Waals surface area contributed by atoms with Gasteiger partial charge in [-0.15, -0.1) is 0 Å². The highest BCUT2D eigenvalue weighted by Gasteiger charge is 2.21. The minimum absolute atomic E-state index is 0. The fraction of sp³-hybridized carbons (Fsp3) is 0.931. The SMILES string of the molecule is C.C.C.C/C=C/CC.CCC(CC)(CC)CO.CCCC.CCCC.CCCCC. The van der Waals surface area contributed by atoms with Crippen molar-refractivity contribution < 1.29 is 5.11 Å². The topological polar surface area (TPSA) is 20.2 Å². The molecular weight excluding hydrogens is 364 g/mol. The number of hydrogen-bond donors (Lipinski definition) is 1. The van der Waals surface area contributed by atoms with Gasteiger partial charge in [-0.2, -0.15) is 0 Å². The number of aliphatic hydroxyl groups is 1. The van der Waals surface area contributed by atoms with Gasteiger partial charge in [0.05, 0.1) is 0 Å². The predicted octanol–water partition coefficient (Wildman–Crippen LogP) is 11.9. The molecule has 1 N–H and O–H groups in total. The van der Waals surface area contributed by atoms with Crippen molar-refractivity contribution in [3.63, 3.8) is 0 Å². The summed E-state index contributed by atoms with van der Waals surface area (Å²) in [5, 5.41) is 8.98. The summed E-state index contributed by atoms with van der Waals surface area (Å²) < 4.78 is 0. The highest BCUT2D eigenvalue weighted by Crippen LogP contribution is 2.28. The molecule has 0 rings (SSSR count). The van der Waals surface area contributed by atoms with E-state index in [2.05, 4.69) is 81.4 Å². The summed E-state index contributed by atoms with van der Waals surface area (Å²) in [7, 11) is 0. The molecule has 0 aromatic rings. The first kappa shape index (κ1) is 52.0. The smallest absolute Gasteiger partial charge is 0.0487 e. The number of rotatable bonds is 9. The second-order valence-corrected chi connectivity index (χ2v) is 7.05. The highest BCUT2D eigenvalue weighted by molar-refractivity contribution is 4.73. The molecule has 0 radical (unpaired) electrons. The second-order valence-electron chi connectivity index (χ2n) is 7.05. The van der Waals surface area contributed by atoms with Crippen LogP contribution >= 0.6 is 0 Å². The minimum Gasteiger partial charge on any atom is -0.396 e. The Bertz CT molecular complexity index is 177. The third-order valence-corrected chi connectivity index (χ3v) is 4.76. The molecule has 0 aromatic heterocycles. The zero-order chi connectivity index (χ0) is 22.4. The first-order valence-corrected chi connectivity index (χ1v) is 12.1. The monoisotopic (exact) mass is 437 g/mol. The summed E-state index contributed by atoms with van der Waals surface area (Å²) in [6, 6.07) is 0. The van der Waals surface area contributed by atoms with E-state index in [1.165, 1.54) is 44.9 Å². The molecule has 0 spiro atoms. The van der Waals surface area contributed by atoms with E-state index in [0.717, 1.165) is 25.7 Å². The van der Waals surface area contributed by atoms with Gasteiger partial charge in [0.1, 0.15) is 0 Å². The van der Waals surface area contributed by atoms with Crippen LogP contribution in [0.5, 0.6) is 0 Å². The van der Waals surface area contributed by atoms with E-state index in [1.807, 2.05) is 6.92 Å². The first-order chi connectivity index (χ1) is 12.9. The van der Waals surface area contributed by atoms with Gasteiger partial charge in [-0.25, -0.2) is 0 Å². The zero-order valence-corrected chi connectivity index (χ0v) is 21.6. The van der Waals surface area contributed by atoms with Gasteiger partial charge in [-0.05, 0) is 38.0 Å². The van der Waals surface area contributed by atoms with Gasteiger partial charge < -0.3 is 5.11 Å². The van der Waals surface area contributed by atoms with Gasteiger partial charge in [-0.1, -0.05) is 149 Å². The quantitative estimate of drug-likeness (QED) is 0.356. The molecule has 0 saturated carbocycles. The Morgan fingerprint density at radius 3 is 0.867 bits per heavy atom. The maximum atomic E-state index is 8.98. The van der Waals surface area contributed by atoms with Crippen molar-refractivity contribution in [2.24, 2.45) is 5.41 Å². The van der Waals surface area contributed by atoms with Crippen LogP contribution < -0.4 is 0 Å². The summed E-state index contributed by atoms with van der Waals surface area (Å²) >= 11 is 0. The molecule has 0 heterocycles. The highest BCUT2D eigenvalue weighted by atomic mass is 16.3. The molecule has 0 aromatic carbocycles. The first-order valence-electron chi connectivity index (χ1n) is 12.1. The lowest BCUT2D eigenvalue weighted by molar-refractivity contribution is 0.111. The standard InChI is InChI=1S/C8H18O.C5H12.C5H10.2C4H10.3CH4/c1-4-8(5-2,6-3)7-9;2*1-3-5-4-2;2*1-3-4-2;;;/h9H,4-7H2,1-3H3;3-5H2,1-2H3;3,5H,4H2,1-2H3;2*3-4H2,1-2H3;3*1H4/b;;5-3+;;;;;. The third kappa shape index (κ3) is 63.0. The van der Waals surface area contributed by atoms with Crippen LogP contribution in [0.4, 0.5) is 0 Å². The average Bonchev–Trinajstić information content (AvgIpc) is 2.73. The van der Waals surface area contributed by atoms with Crippen LogP contribution in [-0.4, -0.2) is 11.7 Å². The van der Waals surface area contributed by atoms with E-state index in [9.17, 15) is 0 Å². The van der Waals surface area contributed by atoms with Gasteiger partial charge in [-0.3, -0.25) is 0 Å². The molecule has 0 amide bonds. The van der Waals surface area contributed by atoms with Crippen LogP contribution in [0.15, 0.2) is 12.2 Å². The summed E-state index contributed by atoms with van der Waals surface area (Å²) in [5.74, 6) is 0. The summed E-state index contributed by atoms with van der Waals surface area (Å²) in [5.41, 5.74) is 0.222. The Labute approximate surface area is 198 Å². The molecular formula is C29H72O. The van der Waals surface area contributed by atoms with Crippen LogP contribution in [0.1, 0.15) is 169 Å². The molecule has 0 aliphatic heterocycles. The molecule has 0 atom stereocenters. The fourth-order valence-electron chi connectivity index (χ4n) is 1.67. The number of allylic oxidation sites excluding steroid dienone is 2. The van der Waals surface area contributed by atoms with Crippen LogP contribution in [0.3, 0.4) is 0 Å². The van der Waals surface area contributed by atoms with Crippen LogP contribution in [0.25, 0.3) is 0 Å². The van der Waals surface area contributed by atoms with E-state index < -0.39 is 0 Å². The summed E-state index contributed by atoms with van der Waals surface area (Å²) in [6.45, 7) is 24.1. The molecule has 0 aliphatic rings. The van der Waals surface area contributed by atoms with E-state index in [-0.39, 0.29) is 27.7 Å². The number of hydrogen-bond acceptors (Lipinski definition) is 1. The van der Waals surface area contributed by atoms with Gasteiger partial charge in [0, 0.05) is 6.61 Å². The van der Waals surface area contributed by atoms with Crippen LogP contribution in [-0.2, 0) is 0 Å². The lowest BCUT2D eigenvalue weighted by atomic mass is 9.81. The van der Waals surface area contributed by atoms with Gasteiger partial charge in [0.15, 0.2) is 0 Å². The molecule has 0 saturated heterocycles. The van der Waals surface area contributed by atoms with Crippen LogP contribution in [0.2, 0.25) is 0 Å². The van der Waals surface area contributed by atoms with Gasteiger partial charge in [0.25, 0.3) is 0 Å². The molecule has 30 heavy (non-hydrogen) atoms. The number of aliphatic hydroxyl groups excluding tert-OH is 1.